The zero-order valence-electron chi connectivity index (χ0n) is 12.5. The van der Waals surface area contributed by atoms with Crippen LogP contribution in [0.5, 0.6) is 0 Å². The predicted molar refractivity (Wildman–Crippen MR) is 77.5 cm³/mol. The molecule has 2 rings (SSSR count). The number of halogens is 4. The molecule has 8 heteroatoms. The van der Waals surface area contributed by atoms with Crippen LogP contribution in [0.4, 0.5) is 23.2 Å². The van der Waals surface area contributed by atoms with Crippen molar-refractivity contribution in [3.63, 3.8) is 0 Å². The van der Waals surface area contributed by atoms with Crippen molar-refractivity contribution in [3.05, 3.63) is 52.6 Å². The SMILES string of the molecule is COC(=O)c1cc(-c2c(F)cc(N)c(C(C)=O)c2F)cc(F)c1F. The zero-order chi connectivity index (χ0) is 18.2. The van der Waals surface area contributed by atoms with Gasteiger partial charge < -0.3 is 10.5 Å². The minimum atomic E-state index is -1.52. The second-order valence-corrected chi connectivity index (χ2v) is 4.88. The number of rotatable bonds is 3. The molecule has 0 aliphatic rings. The Bertz CT molecular complexity index is 865. The molecule has 0 atom stereocenters. The highest BCUT2D eigenvalue weighted by Gasteiger charge is 2.25. The van der Waals surface area contributed by atoms with Crippen LogP contribution in [-0.4, -0.2) is 18.9 Å². The summed E-state index contributed by atoms with van der Waals surface area (Å²) >= 11 is 0. The molecule has 2 aromatic carbocycles. The number of nitrogens with two attached hydrogens (primary N) is 1. The van der Waals surface area contributed by atoms with Gasteiger partial charge in [0.1, 0.15) is 11.6 Å². The Hall–Kier alpha value is -2.90. The summed E-state index contributed by atoms with van der Waals surface area (Å²) in [5.74, 6) is -7.56. The maximum atomic E-state index is 14.5. The van der Waals surface area contributed by atoms with E-state index in [2.05, 4.69) is 4.74 Å². The zero-order valence-corrected chi connectivity index (χ0v) is 12.5. The van der Waals surface area contributed by atoms with Gasteiger partial charge in [0.05, 0.1) is 23.8 Å². The number of methoxy groups -OCH3 is 1. The number of esters is 1. The van der Waals surface area contributed by atoms with Gasteiger partial charge in [-0.1, -0.05) is 0 Å². The predicted octanol–water partition coefficient (Wildman–Crippen LogP) is 3.48. The third-order valence-corrected chi connectivity index (χ3v) is 3.32. The Labute approximate surface area is 133 Å². The molecule has 0 saturated carbocycles. The minimum absolute atomic E-state index is 0.433. The molecule has 0 aromatic heterocycles. The average molecular weight is 341 g/mol. The molecule has 24 heavy (non-hydrogen) atoms. The van der Waals surface area contributed by atoms with Crippen molar-refractivity contribution in [2.75, 3.05) is 12.8 Å². The Morgan fingerprint density at radius 2 is 1.62 bits per heavy atom. The number of carbonyl (C=O) groups excluding carboxylic acids is 2. The monoisotopic (exact) mass is 341 g/mol. The van der Waals surface area contributed by atoms with Gasteiger partial charge in [-0.3, -0.25) is 4.79 Å². The summed E-state index contributed by atoms with van der Waals surface area (Å²) < 4.78 is 60.3. The van der Waals surface area contributed by atoms with Crippen LogP contribution in [0.1, 0.15) is 27.6 Å². The average Bonchev–Trinajstić information content (AvgIpc) is 2.48. The number of nitrogen functional groups attached to an aromatic ring is 1. The van der Waals surface area contributed by atoms with Crippen LogP contribution in [0.25, 0.3) is 11.1 Å². The van der Waals surface area contributed by atoms with E-state index in [1.807, 2.05) is 0 Å². The van der Waals surface area contributed by atoms with Gasteiger partial charge in [0.2, 0.25) is 0 Å². The summed E-state index contributed by atoms with van der Waals surface area (Å²) in [5.41, 5.74) is 2.27. The fourth-order valence-electron chi connectivity index (χ4n) is 2.25. The van der Waals surface area contributed by atoms with E-state index in [4.69, 9.17) is 5.73 Å². The van der Waals surface area contributed by atoms with Crippen LogP contribution in [0, 0.1) is 23.3 Å². The van der Waals surface area contributed by atoms with Crippen LogP contribution < -0.4 is 5.73 Å². The summed E-state index contributed by atoms with van der Waals surface area (Å²) in [6.07, 6.45) is 0. The van der Waals surface area contributed by atoms with E-state index in [1.165, 1.54) is 0 Å². The maximum Gasteiger partial charge on any atom is 0.340 e. The van der Waals surface area contributed by atoms with Crippen molar-refractivity contribution < 1.29 is 31.9 Å². The van der Waals surface area contributed by atoms with E-state index >= 15 is 0 Å². The van der Waals surface area contributed by atoms with E-state index in [0.717, 1.165) is 20.1 Å². The summed E-state index contributed by atoms with van der Waals surface area (Å²) in [4.78, 5) is 23.0. The van der Waals surface area contributed by atoms with Gasteiger partial charge in [-0.15, -0.1) is 0 Å². The molecule has 0 spiro atoms. The van der Waals surface area contributed by atoms with Crippen molar-refractivity contribution in [2.45, 2.75) is 6.92 Å². The van der Waals surface area contributed by atoms with Crippen molar-refractivity contribution in [3.8, 4) is 11.1 Å². The van der Waals surface area contributed by atoms with Crippen LogP contribution in [0.15, 0.2) is 18.2 Å². The van der Waals surface area contributed by atoms with E-state index < -0.39 is 63.0 Å². The molecule has 0 fully saturated rings. The number of hydrogen-bond acceptors (Lipinski definition) is 4. The van der Waals surface area contributed by atoms with E-state index in [1.54, 1.807) is 0 Å². The molecular formula is C16H11F4NO3. The molecule has 0 amide bonds. The summed E-state index contributed by atoms with van der Waals surface area (Å²) in [5, 5.41) is 0. The number of benzene rings is 2. The molecule has 0 saturated heterocycles. The van der Waals surface area contributed by atoms with E-state index in [-0.39, 0.29) is 0 Å². The summed E-state index contributed by atoms with van der Waals surface area (Å²) in [6.45, 7) is 1.02. The quantitative estimate of drug-likeness (QED) is 0.402. The van der Waals surface area contributed by atoms with Crippen LogP contribution in [0.3, 0.4) is 0 Å². The number of ketones is 1. The van der Waals surface area contributed by atoms with Crippen molar-refractivity contribution in [2.24, 2.45) is 0 Å². The molecule has 2 aromatic rings. The number of carbonyl (C=O) groups is 2. The first-order valence-electron chi connectivity index (χ1n) is 6.55. The topological polar surface area (TPSA) is 69.4 Å². The first kappa shape index (κ1) is 17.5. The number of hydrogen-bond donors (Lipinski definition) is 1. The highest BCUT2D eigenvalue weighted by atomic mass is 19.2. The van der Waals surface area contributed by atoms with Crippen molar-refractivity contribution >= 4 is 17.4 Å². The highest BCUT2D eigenvalue weighted by molar-refractivity contribution is 6.01. The lowest BCUT2D eigenvalue weighted by molar-refractivity contribution is 0.0594. The van der Waals surface area contributed by atoms with Gasteiger partial charge in [-0.25, -0.2) is 22.4 Å². The molecule has 126 valence electrons. The van der Waals surface area contributed by atoms with Crippen molar-refractivity contribution in [1.82, 2.24) is 0 Å². The first-order valence-corrected chi connectivity index (χ1v) is 6.55. The molecule has 0 radical (unpaired) electrons. The number of Topliss-reactive ketones (excluding diaryl/α,β-unsaturated/α-hetero) is 1. The van der Waals surface area contributed by atoms with Gasteiger partial charge in [-0.05, 0) is 30.7 Å². The highest BCUT2D eigenvalue weighted by Crippen LogP contribution is 2.33. The van der Waals surface area contributed by atoms with Crippen molar-refractivity contribution in [1.29, 1.82) is 0 Å². The molecular weight excluding hydrogens is 330 g/mol. The smallest absolute Gasteiger partial charge is 0.340 e. The Kier molecular flexibility index (Phi) is 4.59. The lowest BCUT2D eigenvalue weighted by atomic mass is 9.96. The molecule has 0 bridgehead atoms. The van der Waals surface area contributed by atoms with E-state index in [9.17, 15) is 27.2 Å². The van der Waals surface area contributed by atoms with Gasteiger partial charge in [0.15, 0.2) is 17.4 Å². The maximum absolute atomic E-state index is 14.5. The number of anilines is 1. The van der Waals surface area contributed by atoms with E-state index in [0.29, 0.717) is 12.1 Å². The molecule has 0 unspecified atom stereocenters. The normalized spacial score (nSPS) is 10.6. The van der Waals surface area contributed by atoms with Gasteiger partial charge in [-0.2, -0.15) is 0 Å². The fourth-order valence-corrected chi connectivity index (χ4v) is 2.25. The molecule has 0 aliphatic heterocycles. The third kappa shape index (κ3) is 2.82. The fraction of sp³-hybridized carbons (Fsp3) is 0.125. The standard InChI is InChI=1S/C16H11F4NO3/c1-6(22)12-11(21)5-9(17)13(15(12)20)7-3-8(16(23)24-2)14(19)10(18)4-7/h3-5H,21H2,1-2H3. The lowest BCUT2D eigenvalue weighted by Gasteiger charge is -2.12. The van der Waals surface area contributed by atoms with Gasteiger partial charge >= 0.3 is 5.97 Å². The molecule has 0 aliphatic carbocycles. The van der Waals surface area contributed by atoms with Gasteiger partial charge in [0.25, 0.3) is 0 Å². The summed E-state index contributed by atoms with van der Waals surface area (Å²) in [7, 11) is 0.935. The minimum Gasteiger partial charge on any atom is -0.465 e. The molecule has 2 N–H and O–H groups in total. The Morgan fingerprint density at radius 3 is 2.17 bits per heavy atom. The lowest BCUT2D eigenvalue weighted by Crippen LogP contribution is -2.09. The molecule has 0 heterocycles. The van der Waals surface area contributed by atoms with Crippen LogP contribution >= 0.6 is 0 Å². The Morgan fingerprint density at radius 1 is 1.00 bits per heavy atom. The second-order valence-electron chi connectivity index (χ2n) is 4.88. The molecule has 4 nitrogen and oxygen atoms in total. The largest absolute Gasteiger partial charge is 0.465 e. The second kappa shape index (κ2) is 6.31. The first-order chi connectivity index (χ1) is 11.2. The van der Waals surface area contributed by atoms with Crippen LogP contribution in [-0.2, 0) is 4.74 Å². The van der Waals surface area contributed by atoms with Crippen LogP contribution in [0.2, 0.25) is 0 Å². The Balaban J connectivity index is 2.82. The number of ether oxygens (including phenoxy) is 1. The third-order valence-electron chi connectivity index (χ3n) is 3.32. The van der Waals surface area contributed by atoms with Gasteiger partial charge in [0, 0.05) is 5.69 Å². The summed E-state index contributed by atoms with van der Waals surface area (Å²) in [6, 6.07) is 1.92.